The van der Waals surface area contributed by atoms with Gasteiger partial charge in [-0.3, -0.25) is 0 Å². The van der Waals surface area contributed by atoms with Gasteiger partial charge in [0.15, 0.2) is 0 Å². The Morgan fingerprint density at radius 1 is 0.640 bits per heavy atom. The zero-order chi connectivity index (χ0) is 35.3. The maximum Gasteiger partial charge on any atom is 0.0640 e. The van der Waals surface area contributed by atoms with Crippen molar-refractivity contribution in [3.8, 4) is 12.1 Å². The molecule has 0 saturated carbocycles. The zero-order valence-corrected chi connectivity index (χ0v) is 30.5. The van der Waals surface area contributed by atoms with E-state index < -0.39 is 0 Å². The molecule has 50 heavy (non-hydrogen) atoms. The summed E-state index contributed by atoms with van der Waals surface area (Å²) in [6, 6.07) is 40.3. The summed E-state index contributed by atoms with van der Waals surface area (Å²) in [5.74, 6) is -0.0841. The van der Waals surface area contributed by atoms with E-state index in [1.807, 2.05) is 24.3 Å². The first-order valence-electron chi connectivity index (χ1n) is 17.6. The minimum atomic E-state index is -0.0841. The van der Waals surface area contributed by atoms with E-state index in [-0.39, 0.29) is 5.92 Å². The van der Waals surface area contributed by atoms with Gasteiger partial charge in [-0.2, -0.15) is 10.5 Å². The van der Waals surface area contributed by atoms with Crippen molar-refractivity contribution in [3.05, 3.63) is 130 Å². The quantitative estimate of drug-likeness (QED) is 0.104. The predicted molar refractivity (Wildman–Crippen MR) is 212 cm³/mol. The molecular formula is C43H45Cl2N5. The highest BCUT2D eigenvalue weighted by atomic mass is 35.5. The van der Waals surface area contributed by atoms with Crippen LogP contribution in [0.15, 0.2) is 103 Å². The fourth-order valence-electron chi connectivity index (χ4n) is 6.64. The lowest BCUT2D eigenvalue weighted by molar-refractivity contribution is 0.703. The van der Waals surface area contributed by atoms with Gasteiger partial charge in [0.2, 0.25) is 0 Å². The SMILES string of the molecule is CCCCN(CCC)c1ccc(C(Cc2ccc(N(CCC#N)CCC#N)cc2Cl)c2ccc(Nc3ccccc3)c3ccccc23)c(Cl)c1. The number of nitriles is 2. The second-order valence-corrected chi connectivity index (χ2v) is 13.4. The highest BCUT2D eigenvalue weighted by Gasteiger charge is 2.23. The van der Waals surface area contributed by atoms with Crippen LogP contribution in [0.1, 0.15) is 68.6 Å². The first kappa shape index (κ1) is 36.6. The fraction of sp³-hybridized carbons (Fsp3) is 0.302. The first-order chi connectivity index (χ1) is 24.5. The van der Waals surface area contributed by atoms with Crippen LogP contribution in [-0.2, 0) is 6.42 Å². The van der Waals surface area contributed by atoms with E-state index in [2.05, 4.69) is 120 Å². The molecular weight excluding hydrogens is 657 g/mol. The number of nitrogens with zero attached hydrogens (tertiary/aromatic N) is 4. The molecule has 0 aliphatic carbocycles. The molecule has 0 heterocycles. The Morgan fingerprint density at radius 3 is 1.90 bits per heavy atom. The molecule has 0 aromatic heterocycles. The number of nitrogens with one attached hydrogen (secondary N) is 1. The molecule has 0 aliphatic rings. The smallest absolute Gasteiger partial charge is 0.0640 e. The van der Waals surface area contributed by atoms with Crippen LogP contribution in [-0.4, -0.2) is 26.2 Å². The highest BCUT2D eigenvalue weighted by Crippen LogP contribution is 2.41. The summed E-state index contributed by atoms with van der Waals surface area (Å²) in [7, 11) is 0. The van der Waals surface area contributed by atoms with Gasteiger partial charge in [0, 0.05) is 70.3 Å². The van der Waals surface area contributed by atoms with Crippen molar-refractivity contribution in [1.82, 2.24) is 0 Å². The minimum Gasteiger partial charge on any atom is -0.372 e. The monoisotopic (exact) mass is 701 g/mol. The van der Waals surface area contributed by atoms with Crippen LogP contribution >= 0.6 is 23.2 Å². The summed E-state index contributed by atoms with van der Waals surface area (Å²) in [4.78, 5) is 4.50. The van der Waals surface area contributed by atoms with Crippen LogP contribution < -0.4 is 15.1 Å². The van der Waals surface area contributed by atoms with Crippen LogP contribution in [0, 0.1) is 22.7 Å². The lowest BCUT2D eigenvalue weighted by Gasteiger charge is -2.27. The zero-order valence-electron chi connectivity index (χ0n) is 29.0. The summed E-state index contributed by atoms with van der Waals surface area (Å²) in [5, 5.41) is 25.7. The first-order valence-corrected chi connectivity index (χ1v) is 18.4. The number of para-hydroxylation sites is 1. The molecule has 0 spiro atoms. The molecule has 5 nitrogen and oxygen atoms in total. The second-order valence-electron chi connectivity index (χ2n) is 12.6. The van der Waals surface area contributed by atoms with Gasteiger partial charge in [0.05, 0.1) is 25.0 Å². The molecule has 0 amide bonds. The van der Waals surface area contributed by atoms with Crippen molar-refractivity contribution >= 4 is 56.7 Å². The molecule has 1 unspecified atom stereocenters. The molecule has 0 bridgehead atoms. The summed E-state index contributed by atoms with van der Waals surface area (Å²) < 4.78 is 0. The molecule has 0 radical (unpaired) electrons. The lowest BCUT2D eigenvalue weighted by Crippen LogP contribution is -2.25. The van der Waals surface area contributed by atoms with E-state index in [0.29, 0.717) is 37.4 Å². The normalized spacial score (nSPS) is 11.5. The highest BCUT2D eigenvalue weighted by molar-refractivity contribution is 6.32. The Labute approximate surface area is 307 Å². The average molecular weight is 703 g/mol. The van der Waals surface area contributed by atoms with Crippen molar-refractivity contribution in [3.63, 3.8) is 0 Å². The van der Waals surface area contributed by atoms with Gasteiger partial charge in [-0.1, -0.05) is 104 Å². The summed E-state index contributed by atoms with van der Waals surface area (Å²) >= 11 is 14.4. The van der Waals surface area contributed by atoms with Crippen LogP contribution in [0.25, 0.3) is 10.8 Å². The number of unbranched alkanes of at least 4 members (excludes halogenated alkanes) is 1. The van der Waals surface area contributed by atoms with E-state index in [1.165, 1.54) is 5.56 Å². The van der Waals surface area contributed by atoms with Crippen LogP contribution in [0.2, 0.25) is 10.0 Å². The van der Waals surface area contributed by atoms with Crippen LogP contribution in [0.3, 0.4) is 0 Å². The van der Waals surface area contributed by atoms with Crippen molar-refractivity contribution in [2.24, 2.45) is 0 Å². The number of benzene rings is 5. The van der Waals surface area contributed by atoms with Crippen molar-refractivity contribution in [1.29, 1.82) is 10.5 Å². The Kier molecular flexibility index (Phi) is 13.4. The number of fused-ring (bicyclic) bond motifs is 1. The summed E-state index contributed by atoms with van der Waals surface area (Å²) in [6.07, 6.45) is 4.73. The topological polar surface area (TPSA) is 66.1 Å². The van der Waals surface area contributed by atoms with E-state index >= 15 is 0 Å². The van der Waals surface area contributed by atoms with E-state index in [0.717, 1.165) is 82.0 Å². The Balaban J connectivity index is 1.59. The summed E-state index contributed by atoms with van der Waals surface area (Å²) in [6.45, 7) is 7.52. The van der Waals surface area contributed by atoms with Gasteiger partial charge in [-0.15, -0.1) is 0 Å². The summed E-state index contributed by atoms with van der Waals surface area (Å²) in [5.41, 5.74) is 7.37. The van der Waals surface area contributed by atoms with Crippen LogP contribution in [0.5, 0.6) is 0 Å². The molecule has 1 N–H and O–H groups in total. The molecule has 1 atom stereocenters. The number of hydrogen-bond donors (Lipinski definition) is 1. The van der Waals surface area contributed by atoms with Crippen LogP contribution in [0.4, 0.5) is 22.7 Å². The van der Waals surface area contributed by atoms with E-state index in [1.54, 1.807) is 0 Å². The molecule has 0 aliphatic heterocycles. The van der Waals surface area contributed by atoms with E-state index in [4.69, 9.17) is 23.2 Å². The molecule has 256 valence electrons. The maximum atomic E-state index is 9.22. The Morgan fingerprint density at radius 2 is 1.26 bits per heavy atom. The fourth-order valence-corrected chi connectivity index (χ4v) is 7.20. The van der Waals surface area contributed by atoms with E-state index in [9.17, 15) is 10.5 Å². The third kappa shape index (κ3) is 9.10. The van der Waals surface area contributed by atoms with Crippen molar-refractivity contribution in [2.75, 3.05) is 41.3 Å². The molecule has 5 aromatic rings. The van der Waals surface area contributed by atoms with Gasteiger partial charge in [0.25, 0.3) is 0 Å². The van der Waals surface area contributed by atoms with Gasteiger partial charge in [0.1, 0.15) is 0 Å². The third-order valence-electron chi connectivity index (χ3n) is 9.20. The molecule has 7 heteroatoms. The minimum absolute atomic E-state index is 0.0841. The van der Waals surface area contributed by atoms with Gasteiger partial charge < -0.3 is 15.1 Å². The average Bonchev–Trinajstić information content (AvgIpc) is 3.14. The Hall–Kier alpha value is -4.68. The largest absolute Gasteiger partial charge is 0.372 e. The molecule has 0 fully saturated rings. The van der Waals surface area contributed by atoms with Crippen molar-refractivity contribution in [2.45, 2.75) is 58.3 Å². The number of anilines is 4. The van der Waals surface area contributed by atoms with Gasteiger partial charge >= 0.3 is 0 Å². The second kappa shape index (κ2) is 18.4. The third-order valence-corrected chi connectivity index (χ3v) is 9.88. The standard InChI is InChI=1S/C43H45Cl2N5/c1-3-5-26-49(25-4-2)35-19-20-38(42(45)31-35)40(29-32-17-18-34(30-41(32)44)50(27-11-23-46)28-12-24-47)37-21-22-43(39-16-10-9-15-36(37)39)48-33-13-7-6-8-14-33/h6-10,13-22,30-31,40,48H,3-5,11-12,25-29H2,1-2H3. The van der Waals surface area contributed by atoms with Gasteiger partial charge in [-0.05, 0) is 83.8 Å². The molecule has 5 rings (SSSR count). The van der Waals surface area contributed by atoms with Gasteiger partial charge in [-0.25, -0.2) is 0 Å². The lowest BCUT2D eigenvalue weighted by atomic mass is 9.83. The number of rotatable bonds is 17. The van der Waals surface area contributed by atoms with Crippen molar-refractivity contribution < 1.29 is 0 Å². The number of hydrogen-bond acceptors (Lipinski definition) is 5. The Bertz CT molecular complexity index is 1930. The number of halogens is 2. The maximum absolute atomic E-state index is 9.22. The predicted octanol–water partition coefficient (Wildman–Crippen LogP) is 11.9. The molecule has 0 saturated heterocycles. The molecule has 5 aromatic carbocycles.